The lowest BCUT2D eigenvalue weighted by atomic mass is 10.1. The lowest BCUT2D eigenvalue weighted by molar-refractivity contribution is -0.144. The molecule has 1 aliphatic rings. The molecule has 0 fully saturated rings. The van der Waals surface area contributed by atoms with Gasteiger partial charge in [0.1, 0.15) is 0 Å². The number of nitrogens with one attached hydrogen (secondary N) is 1. The summed E-state index contributed by atoms with van der Waals surface area (Å²) in [7, 11) is 0. The van der Waals surface area contributed by atoms with E-state index in [1.165, 1.54) is 6.08 Å². The Morgan fingerprint density at radius 2 is 2.04 bits per heavy atom. The number of fused-ring (bicyclic) bond motifs is 1. The number of hydrogen-bond donors (Lipinski definition) is 1. The maximum absolute atomic E-state index is 11.9. The van der Waals surface area contributed by atoms with Crippen LogP contribution in [0.25, 0.3) is 6.08 Å². The predicted octanol–water partition coefficient (Wildman–Crippen LogP) is 3.50. The molecule has 0 radical (unpaired) electrons. The van der Waals surface area contributed by atoms with Crippen molar-refractivity contribution in [1.29, 1.82) is 0 Å². The summed E-state index contributed by atoms with van der Waals surface area (Å²) >= 11 is 5.94. The molecule has 1 heterocycles. The van der Waals surface area contributed by atoms with Crippen LogP contribution in [0.1, 0.15) is 24.1 Å². The lowest BCUT2D eigenvalue weighted by Gasteiger charge is -2.14. The van der Waals surface area contributed by atoms with E-state index < -0.39 is 11.9 Å². The number of carbonyl (C=O) groups excluding carboxylic acids is 2. The van der Waals surface area contributed by atoms with Crippen LogP contribution in [-0.4, -0.2) is 25.3 Å². The van der Waals surface area contributed by atoms with Crippen LogP contribution in [0.3, 0.4) is 0 Å². The first-order valence-corrected chi connectivity index (χ1v) is 8.68. The van der Waals surface area contributed by atoms with Crippen LogP contribution in [0.5, 0.6) is 11.5 Å². The smallest absolute Gasteiger partial charge is 0.331 e. The average molecular weight is 388 g/mol. The Hall–Kier alpha value is -2.99. The third-order valence-electron chi connectivity index (χ3n) is 3.88. The van der Waals surface area contributed by atoms with Crippen molar-refractivity contribution in [3.05, 3.63) is 64.7 Å². The van der Waals surface area contributed by atoms with E-state index in [0.717, 1.165) is 11.1 Å². The number of hydrogen-bond acceptors (Lipinski definition) is 5. The van der Waals surface area contributed by atoms with Gasteiger partial charge < -0.3 is 19.5 Å². The third kappa shape index (κ3) is 5.24. The van der Waals surface area contributed by atoms with Gasteiger partial charge >= 0.3 is 5.97 Å². The van der Waals surface area contributed by atoms with Gasteiger partial charge in [0.05, 0.1) is 6.04 Å². The van der Waals surface area contributed by atoms with E-state index in [1.807, 2.05) is 13.0 Å². The number of halogens is 1. The van der Waals surface area contributed by atoms with Gasteiger partial charge in [0.25, 0.3) is 5.91 Å². The quantitative estimate of drug-likeness (QED) is 0.606. The first kappa shape index (κ1) is 18.8. The second-order valence-corrected chi connectivity index (χ2v) is 6.33. The molecule has 0 spiro atoms. The monoisotopic (exact) mass is 387 g/mol. The molecule has 1 amide bonds. The van der Waals surface area contributed by atoms with Crippen LogP contribution >= 0.6 is 11.6 Å². The summed E-state index contributed by atoms with van der Waals surface area (Å²) in [6, 6.07) is 12.2. The molecule has 2 aromatic carbocycles. The van der Waals surface area contributed by atoms with Crippen molar-refractivity contribution in [2.24, 2.45) is 0 Å². The topological polar surface area (TPSA) is 73.9 Å². The van der Waals surface area contributed by atoms with Crippen LogP contribution in [0.15, 0.2) is 48.5 Å². The zero-order valence-corrected chi connectivity index (χ0v) is 15.4. The number of ether oxygens (including phenoxy) is 3. The zero-order valence-electron chi connectivity index (χ0n) is 14.6. The maximum atomic E-state index is 11.9. The summed E-state index contributed by atoms with van der Waals surface area (Å²) in [4.78, 5) is 23.7. The maximum Gasteiger partial charge on any atom is 0.331 e. The standard InChI is InChI=1S/C20H18ClNO5/c1-13(15-3-2-4-16(21)10-15)22-19(23)11-25-20(24)8-6-14-5-7-17-18(9-14)27-12-26-17/h2-10,13H,11-12H2,1H3,(H,22,23)/b8-6+/t13-/m1/s1. The Bertz CT molecular complexity index is 880. The van der Waals surface area contributed by atoms with Crippen molar-refractivity contribution >= 4 is 29.6 Å². The van der Waals surface area contributed by atoms with Crippen LogP contribution < -0.4 is 14.8 Å². The highest BCUT2D eigenvalue weighted by molar-refractivity contribution is 6.30. The summed E-state index contributed by atoms with van der Waals surface area (Å²) < 4.78 is 15.5. The number of amides is 1. The highest BCUT2D eigenvalue weighted by Crippen LogP contribution is 2.32. The van der Waals surface area contributed by atoms with E-state index in [9.17, 15) is 9.59 Å². The summed E-state index contributed by atoms with van der Waals surface area (Å²) in [5, 5.41) is 3.34. The molecule has 0 saturated carbocycles. The van der Waals surface area contributed by atoms with Crippen molar-refractivity contribution in [3.8, 4) is 11.5 Å². The van der Waals surface area contributed by atoms with E-state index in [-0.39, 0.29) is 19.4 Å². The molecule has 1 atom stereocenters. The van der Waals surface area contributed by atoms with Crippen molar-refractivity contribution in [2.45, 2.75) is 13.0 Å². The molecule has 3 rings (SSSR count). The van der Waals surface area contributed by atoms with Gasteiger partial charge in [0.15, 0.2) is 18.1 Å². The summed E-state index contributed by atoms with van der Waals surface area (Å²) in [6.45, 7) is 1.65. The minimum atomic E-state index is -0.613. The number of benzene rings is 2. The van der Waals surface area contributed by atoms with Gasteiger partial charge in [0, 0.05) is 11.1 Å². The number of rotatable bonds is 6. The van der Waals surface area contributed by atoms with Gasteiger partial charge in [-0.05, 0) is 48.4 Å². The normalized spacial score (nSPS) is 13.4. The molecule has 7 heteroatoms. The Kier molecular flexibility index (Phi) is 5.98. The largest absolute Gasteiger partial charge is 0.454 e. The molecule has 0 bridgehead atoms. The number of carbonyl (C=O) groups is 2. The van der Waals surface area contributed by atoms with Gasteiger partial charge in [-0.3, -0.25) is 4.79 Å². The molecule has 27 heavy (non-hydrogen) atoms. The third-order valence-corrected chi connectivity index (χ3v) is 4.12. The summed E-state index contributed by atoms with van der Waals surface area (Å²) in [5.74, 6) is 0.283. The van der Waals surface area contributed by atoms with Crippen molar-refractivity contribution in [3.63, 3.8) is 0 Å². The van der Waals surface area contributed by atoms with Gasteiger partial charge in [-0.15, -0.1) is 0 Å². The fourth-order valence-corrected chi connectivity index (χ4v) is 2.71. The predicted molar refractivity (Wildman–Crippen MR) is 101 cm³/mol. The zero-order chi connectivity index (χ0) is 19.2. The molecule has 0 aliphatic carbocycles. The summed E-state index contributed by atoms with van der Waals surface area (Å²) in [6.07, 6.45) is 2.84. The molecule has 1 N–H and O–H groups in total. The van der Waals surface area contributed by atoms with E-state index in [0.29, 0.717) is 16.5 Å². The second kappa shape index (κ2) is 8.60. The van der Waals surface area contributed by atoms with Gasteiger partial charge in [0.2, 0.25) is 6.79 Å². The SMILES string of the molecule is C[C@@H](NC(=O)COC(=O)/C=C/c1ccc2c(c1)OCO2)c1cccc(Cl)c1. The van der Waals surface area contributed by atoms with Gasteiger partial charge in [-0.25, -0.2) is 4.79 Å². The average Bonchev–Trinajstić information content (AvgIpc) is 3.12. The Balaban J connectivity index is 1.46. The summed E-state index contributed by atoms with van der Waals surface area (Å²) in [5.41, 5.74) is 1.63. The molecule has 0 aromatic heterocycles. The molecule has 6 nitrogen and oxygen atoms in total. The van der Waals surface area contributed by atoms with E-state index in [2.05, 4.69) is 5.32 Å². The molecule has 140 valence electrons. The molecule has 0 saturated heterocycles. The minimum absolute atomic E-state index is 0.188. The highest BCUT2D eigenvalue weighted by Gasteiger charge is 2.13. The fourth-order valence-electron chi connectivity index (χ4n) is 2.51. The van der Waals surface area contributed by atoms with Crippen molar-refractivity contribution in [2.75, 3.05) is 13.4 Å². The Morgan fingerprint density at radius 1 is 1.22 bits per heavy atom. The Morgan fingerprint density at radius 3 is 2.85 bits per heavy atom. The van der Waals surface area contributed by atoms with Crippen molar-refractivity contribution in [1.82, 2.24) is 5.32 Å². The Labute approximate surface area is 161 Å². The van der Waals surface area contributed by atoms with Crippen LogP contribution in [0.2, 0.25) is 5.02 Å². The molecular weight excluding hydrogens is 370 g/mol. The van der Waals surface area contributed by atoms with Crippen LogP contribution in [0.4, 0.5) is 0 Å². The van der Waals surface area contributed by atoms with E-state index in [4.69, 9.17) is 25.8 Å². The molecule has 2 aromatic rings. The fraction of sp³-hybridized carbons (Fsp3) is 0.200. The minimum Gasteiger partial charge on any atom is -0.454 e. The number of esters is 1. The lowest BCUT2D eigenvalue weighted by Crippen LogP contribution is -2.30. The van der Waals surface area contributed by atoms with Gasteiger partial charge in [-0.1, -0.05) is 29.8 Å². The highest BCUT2D eigenvalue weighted by atomic mass is 35.5. The molecule has 0 unspecified atom stereocenters. The van der Waals surface area contributed by atoms with Gasteiger partial charge in [-0.2, -0.15) is 0 Å². The second-order valence-electron chi connectivity index (χ2n) is 5.90. The first-order valence-electron chi connectivity index (χ1n) is 8.30. The van der Waals surface area contributed by atoms with Crippen LogP contribution in [-0.2, 0) is 14.3 Å². The van der Waals surface area contributed by atoms with Crippen LogP contribution in [0, 0.1) is 0 Å². The molecule has 1 aliphatic heterocycles. The van der Waals surface area contributed by atoms with Crippen molar-refractivity contribution < 1.29 is 23.8 Å². The van der Waals surface area contributed by atoms with E-state index in [1.54, 1.807) is 42.5 Å². The van der Waals surface area contributed by atoms with E-state index >= 15 is 0 Å². The first-order chi connectivity index (χ1) is 13.0. The molecular formula is C20H18ClNO5.